The molecule has 0 amide bonds. The van der Waals surface area contributed by atoms with Crippen LogP contribution in [0.5, 0.6) is 0 Å². The van der Waals surface area contributed by atoms with Crippen LogP contribution in [-0.4, -0.2) is 21.1 Å². The maximum Gasteiger partial charge on any atom is 0.344 e. The van der Waals surface area contributed by atoms with Crippen molar-refractivity contribution in [3.63, 3.8) is 0 Å². The summed E-state index contributed by atoms with van der Waals surface area (Å²) in [5.74, 6) is -0.477. The zero-order chi connectivity index (χ0) is 14.0. The van der Waals surface area contributed by atoms with Crippen LogP contribution < -0.4 is 5.69 Å². The zero-order valence-corrected chi connectivity index (χ0v) is 11.2. The van der Waals surface area contributed by atoms with Gasteiger partial charge in [-0.25, -0.2) is 14.3 Å². The molecule has 0 fully saturated rings. The van der Waals surface area contributed by atoms with Gasteiger partial charge in [-0.1, -0.05) is 0 Å². The quantitative estimate of drug-likeness (QED) is 0.873. The molecule has 2 aromatic rings. The van der Waals surface area contributed by atoms with Crippen LogP contribution in [0.3, 0.4) is 0 Å². The highest BCUT2D eigenvalue weighted by Gasteiger charge is 2.14. The molecule has 1 heterocycles. The summed E-state index contributed by atoms with van der Waals surface area (Å²) in [7, 11) is 0. The fourth-order valence-electron chi connectivity index (χ4n) is 1.62. The number of hydrogen-bond acceptors (Lipinski definition) is 4. The molecule has 5 nitrogen and oxygen atoms in total. The average Bonchev–Trinajstić information content (AvgIpc) is 2.72. The van der Waals surface area contributed by atoms with Crippen molar-refractivity contribution in [1.82, 2.24) is 14.8 Å². The third-order valence-corrected chi connectivity index (χ3v) is 3.55. The van der Waals surface area contributed by atoms with E-state index in [4.69, 9.17) is 0 Å². The minimum absolute atomic E-state index is 0.0612. The largest absolute Gasteiger partial charge is 0.344 e. The summed E-state index contributed by atoms with van der Waals surface area (Å²) in [6.07, 6.45) is 0.579. The molecule has 7 heteroatoms. The first-order chi connectivity index (χ1) is 9.02. The lowest BCUT2D eigenvalue weighted by Gasteiger charge is -2.09. The molecule has 1 N–H and O–H groups in total. The van der Waals surface area contributed by atoms with E-state index in [9.17, 15) is 14.0 Å². The topological polar surface area (TPSA) is 67.8 Å². The normalized spacial score (nSPS) is 10.9. The lowest BCUT2D eigenvalue weighted by molar-refractivity contribution is 0.112. The highest BCUT2D eigenvalue weighted by molar-refractivity contribution is 7.99. The van der Waals surface area contributed by atoms with Crippen LogP contribution in [0, 0.1) is 5.82 Å². The standard InChI is InChI=1S/C12H12FN3O2S/c1-7(2)16-11(18)14-15-12(16)19-10-4-3-9(13)5-8(10)6-17/h3-7H,1-2H3,(H,14,18). The van der Waals surface area contributed by atoms with Crippen molar-refractivity contribution in [1.29, 1.82) is 0 Å². The van der Waals surface area contributed by atoms with Crippen LogP contribution in [0.1, 0.15) is 30.2 Å². The Morgan fingerprint density at radius 3 is 2.84 bits per heavy atom. The molecule has 0 saturated heterocycles. The number of carbonyl (C=O) groups is 1. The van der Waals surface area contributed by atoms with Crippen molar-refractivity contribution < 1.29 is 9.18 Å². The third kappa shape index (κ3) is 2.76. The number of aldehydes is 1. The Bertz CT molecular complexity index is 663. The molecule has 2 rings (SSSR count). The second kappa shape index (κ2) is 5.40. The summed E-state index contributed by atoms with van der Waals surface area (Å²) < 4.78 is 14.5. The highest BCUT2D eigenvalue weighted by atomic mass is 32.2. The number of halogens is 1. The van der Waals surface area contributed by atoms with Gasteiger partial charge in [-0.15, -0.1) is 5.10 Å². The molecule has 0 saturated carbocycles. The van der Waals surface area contributed by atoms with Crippen molar-refractivity contribution in [3.05, 3.63) is 40.1 Å². The van der Waals surface area contributed by atoms with E-state index in [2.05, 4.69) is 10.2 Å². The smallest absolute Gasteiger partial charge is 0.298 e. The molecule has 0 aliphatic rings. The van der Waals surface area contributed by atoms with E-state index in [0.717, 1.165) is 17.8 Å². The number of nitrogens with zero attached hydrogens (tertiary/aromatic N) is 2. The van der Waals surface area contributed by atoms with Crippen LogP contribution in [0.2, 0.25) is 0 Å². The Hall–Kier alpha value is -1.89. The predicted molar refractivity (Wildman–Crippen MR) is 69.1 cm³/mol. The molecule has 0 aliphatic heterocycles. The van der Waals surface area contributed by atoms with Gasteiger partial charge in [-0.3, -0.25) is 9.36 Å². The number of aromatic nitrogens is 3. The van der Waals surface area contributed by atoms with E-state index < -0.39 is 5.82 Å². The zero-order valence-electron chi connectivity index (χ0n) is 10.4. The summed E-state index contributed by atoms with van der Waals surface area (Å²) in [6, 6.07) is 3.85. The predicted octanol–water partition coefficient (Wildman–Crippen LogP) is 2.26. The van der Waals surface area contributed by atoms with Gasteiger partial charge in [-0.2, -0.15) is 0 Å². The summed E-state index contributed by atoms with van der Waals surface area (Å²) in [6.45, 7) is 3.71. The third-order valence-electron chi connectivity index (χ3n) is 2.49. The number of H-pyrrole nitrogens is 1. The summed E-state index contributed by atoms with van der Waals surface area (Å²) >= 11 is 1.15. The average molecular weight is 281 g/mol. The molecule has 0 bridgehead atoms. The van der Waals surface area contributed by atoms with Gasteiger partial charge < -0.3 is 0 Å². The number of aromatic amines is 1. The highest BCUT2D eigenvalue weighted by Crippen LogP contribution is 2.29. The van der Waals surface area contributed by atoms with Crippen molar-refractivity contribution in [2.45, 2.75) is 29.9 Å². The summed E-state index contributed by atoms with van der Waals surface area (Å²) in [5, 5.41) is 6.71. The van der Waals surface area contributed by atoms with E-state index in [1.807, 2.05) is 13.8 Å². The van der Waals surface area contributed by atoms with Crippen LogP contribution in [0.4, 0.5) is 4.39 Å². The Morgan fingerprint density at radius 2 is 2.21 bits per heavy atom. The first kappa shape index (κ1) is 13.5. The van der Waals surface area contributed by atoms with Gasteiger partial charge in [0, 0.05) is 16.5 Å². The molecular weight excluding hydrogens is 269 g/mol. The SMILES string of the molecule is CC(C)n1c(Sc2ccc(F)cc2C=O)n[nH]c1=O. The Labute approximate surface area is 112 Å². The van der Waals surface area contributed by atoms with E-state index in [-0.39, 0.29) is 17.3 Å². The van der Waals surface area contributed by atoms with Gasteiger partial charge in [-0.05, 0) is 43.8 Å². The number of benzene rings is 1. The number of carbonyl (C=O) groups excluding carboxylic acids is 1. The van der Waals surface area contributed by atoms with Crippen LogP contribution in [-0.2, 0) is 0 Å². The maximum atomic E-state index is 13.0. The first-order valence-electron chi connectivity index (χ1n) is 5.62. The Morgan fingerprint density at radius 1 is 1.47 bits per heavy atom. The minimum atomic E-state index is -0.477. The molecule has 1 aromatic carbocycles. The van der Waals surface area contributed by atoms with Crippen LogP contribution in [0.25, 0.3) is 0 Å². The monoisotopic (exact) mass is 281 g/mol. The van der Waals surface area contributed by atoms with E-state index in [1.54, 1.807) is 0 Å². The lowest BCUT2D eigenvalue weighted by Crippen LogP contribution is -2.19. The minimum Gasteiger partial charge on any atom is -0.298 e. The fraction of sp³-hybridized carbons (Fsp3) is 0.250. The van der Waals surface area contributed by atoms with E-state index in [0.29, 0.717) is 16.3 Å². The number of nitrogens with one attached hydrogen (secondary N) is 1. The van der Waals surface area contributed by atoms with E-state index in [1.165, 1.54) is 16.7 Å². The number of rotatable bonds is 4. The van der Waals surface area contributed by atoms with Gasteiger partial charge >= 0.3 is 5.69 Å². The maximum absolute atomic E-state index is 13.0. The molecule has 100 valence electrons. The summed E-state index contributed by atoms with van der Waals surface area (Å²) in [5.41, 5.74) is -0.0805. The van der Waals surface area contributed by atoms with Gasteiger partial charge in [0.1, 0.15) is 5.82 Å². The van der Waals surface area contributed by atoms with Crippen LogP contribution in [0.15, 0.2) is 33.0 Å². The fourth-order valence-corrected chi connectivity index (χ4v) is 2.66. The molecule has 0 unspecified atom stereocenters. The second-order valence-corrected chi connectivity index (χ2v) is 5.19. The van der Waals surface area contributed by atoms with Gasteiger partial charge in [0.25, 0.3) is 0 Å². The first-order valence-corrected chi connectivity index (χ1v) is 6.44. The van der Waals surface area contributed by atoms with Gasteiger partial charge in [0.05, 0.1) is 0 Å². The second-order valence-electron chi connectivity index (χ2n) is 4.18. The Kier molecular flexibility index (Phi) is 3.84. The molecule has 0 spiro atoms. The van der Waals surface area contributed by atoms with E-state index >= 15 is 0 Å². The summed E-state index contributed by atoms with van der Waals surface area (Å²) in [4.78, 5) is 23.1. The molecule has 0 radical (unpaired) electrons. The number of hydrogen-bond donors (Lipinski definition) is 1. The van der Waals surface area contributed by atoms with Crippen molar-refractivity contribution in [2.75, 3.05) is 0 Å². The molecule has 19 heavy (non-hydrogen) atoms. The molecule has 0 atom stereocenters. The van der Waals surface area contributed by atoms with Crippen molar-refractivity contribution >= 4 is 18.0 Å². The van der Waals surface area contributed by atoms with Crippen molar-refractivity contribution in [3.8, 4) is 0 Å². The molecule has 0 aliphatic carbocycles. The van der Waals surface area contributed by atoms with Crippen molar-refractivity contribution in [2.24, 2.45) is 0 Å². The molecular formula is C12H12FN3O2S. The van der Waals surface area contributed by atoms with Gasteiger partial charge in [0.2, 0.25) is 0 Å². The molecule has 1 aromatic heterocycles. The van der Waals surface area contributed by atoms with Gasteiger partial charge in [0.15, 0.2) is 11.4 Å². The Balaban J connectivity index is 2.42. The van der Waals surface area contributed by atoms with Crippen LogP contribution >= 0.6 is 11.8 Å². The lowest BCUT2D eigenvalue weighted by atomic mass is 10.2.